The van der Waals surface area contributed by atoms with Gasteiger partial charge in [-0.25, -0.2) is 0 Å². The third kappa shape index (κ3) is 3.77. The maximum Gasteiger partial charge on any atom is 0.391 e. The molecule has 1 aliphatic rings. The number of anilines is 1. The van der Waals surface area contributed by atoms with Gasteiger partial charge in [-0.05, 0) is 31.4 Å². The van der Waals surface area contributed by atoms with Crippen LogP contribution in [0.25, 0.3) is 0 Å². The van der Waals surface area contributed by atoms with Gasteiger partial charge >= 0.3 is 6.18 Å². The number of hydrogen-bond acceptors (Lipinski definition) is 4. The van der Waals surface area contributed by atoms with Crippen molar-refractivity contribution in [2.75, 3.05) is 5.32 Å². The SMILES string of the molecule is O=[N+]([O-])c1cc(O)ccc1NC1CCCC(C(F)(F)F)C1. The number of nitrogens with one attached hydrogen (secondary N) is 1. The number of halogens is 3. The molecule has 2 unspecified atom stereocenters. The second kappa shape index (κ2) is 5.79. The number of rotatable bonds is 3. The van der Waals surface area contributed by atoms with Gasteiger partial charge in [0.05, 0.1) is 16.9 Å². The molecule has 1 fully saturated rings. The van der Waals surface area contributed by atoms with Gasteiger partial charge in [0.25, 0.3) is 5.69 Å². The molecule has 0 heterocycles. The van der Waals surface area contributed by atoms with Gasteiger partial charge in [0.2, 0.25) is 0 Å². The molecule has 1 saturated carbocycles. The summed E-state index contributed by atoms with van der Waals surface area (Å²) in [5.74, 6) is -1.64. The minimum atomic E-state index is -4.23. The highest BCUT2D eigenvalue weighted by Crippen LogP contribution is 2.39. The summed E-state index contributed by atoms with van der Waals surface area (Å²) in [4.78, 5) is 10.2. The van der Waals surface area contributed by atoms with E-state index in [-0.39, 0.29) is 30.0 Å². The Hall–Kier alpha value is -1.99. The summed E-state index contributed by atoms with van der Waals surface area (Å²) in [6.45, 7) is 0. The zero-order chi connectivity index (χ0) is 15.6. The Labute approximate surface area is 118 Å². The van der Waals surface area contributed by atoms with E-state index in [0.29, 0.717) is 12.8 Å². The van der Waals surface area contributed by atoms with Crippen LogP contribution in [0.5, 0.6) is 5.75 Å². The molecule has 2 atom stereocenters. The highest BCUT2D eigenvalue weighted by molar-refractivity contribution is 5.64. The molecule has 0 aromatic heterocycles. The summed E-state index contributed by atoms with van der Waals surface area (Å²) >= 11 is 0. The van der Waals surface area contributed by atoms with Gasteiger partial charge < -0.3 is 10.4 Å². The molecule has 2 N–H and O–H groups in total. The van der Waals surface area contributed by atoms with Crippen molar-refractivity contribution >= 4 is 11.4 Å². The first-order chi connectivity index (χ1) is 9.77. The van der Waals surface area contributed by atoms with Gasteiger partial charge in [-0.1, -0.05) is 6.42 Å². The Morgan fingerprint density at radius 2 is 2.05 bits per heavy atom. The monoisotopic (exact) mass is 304 g/mol. The van der Waals surface area contributed by atoms with Crippen molar-refractivity contribution in [2.45, 2.75) is 37.9 Å². The lowest BCUT2D eigenvalue weighted by molar-refractivity contribution is -0.384. The van der Waals surface area contributed by atoms with Crippen molar-refractivity contribution in [2.24, 2.45) is 5.92 Å². The summed E-state index contributed by atoms with van der Waals surface area (Å²) in [6.07, 6.45) is -3.28. The first-order valence-corrected chi connectivity index (χ1v) is 6.58. The average molecular weight is 304 g/mol. The molecule has 116 valence electrons. The zero-order valence-corrected chi connectivity index (χ0v) is 11.1. The van der Waals surface area contributed by atoms with Crippen molar-refractivity contribution in [3.05, 3.63) is 28.3 Å². The molecule has 2 rings (SSSR count). The van der Waals surface area contributed by atoms with E-state index in [0.717, 1.165) is 6.07 Å². The van der Waals surface area contributed by atoms with Crippen LogP contribution in [-0.2, 0) is 0 Å². The first kappa shape index (κ1) is 15.4. The molecule has 1 aromatic rings. The average Bonchev–Trinajstić information content (AvgIpc) is 2.40. The van der Waals surface area contributed by atoms with Crippen LogP contribution in [0.2, 0.25) is 0 Å². The number of alkyl halides is 3. The standard InChI is InChI=1S/C13H15F3N2O3/c14-13(15,16)8-2-1-3-9(6-8)17-11-5-4-10(19)7-12(11)18(20)21/h4-5,7-9,17,19H,1-3,6H2. The van der Waals surface area contributed by atoms with Gasteiger partial charge in [-0.2, -0.15) is 13.2 Å². The Kier molecular flexibility index (Phi) is 4.24. The molecule has 5 nitrogen and oxygen atoms in total. The number of phenolic OH excluding ortho intramolecular Hbond substituents is 1. The highest BCUT2D eigenvalue weighted by Gasteiger charge is 2.42. The molecule has 0 amide bonds. The first-order valence-electron chi connectivity index (χ1n) is 6.58. The van der Waals surface area contributed by atoms with E-state index in [1.54, 1.807) is 0 Å². The van der Waals surface area contributed by atoms with E-state index in [2.05, 4.69) is 5.32 Å². The molecule has 1 aromatic carbocycles. The van der Waals surface area contributed by atoms with E-state index >= 15 is 0 Å². The van der Waals surface area contributed by atoms with Crippen LogP contribution >= 0.6 is 0 Å². The van der Waals surface area contributed by atoms with Gasteiger partial charge in [-0.3, -0.25) is 10.1 Å². The minimum absolute atomic E-state index is 0.0957. The van der Waals surface area contributed by atoms with Crippen molar-refractivity contribution < 1.29 is 23.2 Å². The fraction of sp³-hybridized carbons (Fsp3) is 0.538. The molecule has 0 radical (unpaired) electrons. The van der Waals surface area contributed by atoms with E-state index in [1.165, 1.54) is 12.1 Å². The van der Waals surface area contributed by atoms with E-state index in [9.17, 15) is 28.4 Å². The van der Waals surface area contributed by atoms with E-state index < -0.39 is 23.1 Å². The number of benzene rings is 1. The number of aromatic hydroxyl groups is 1. The molecule has 0 bridgehead atoms. The molecular formula is C13H15F3N2O3. The smallest absolute Gasteiger partial charge is 0.391 e. The summed E-state index contributed by atoms with van der Waals surface area (Å²) in [6, 6.07) is 3.09. The second-order valence-corrected chi connectivity index (χ2v) is 5.20. The summed E-state index contributed by atoms with van der Waals surface area (Å²) < 4.78 is 38.2. The van der Waals surface area contributed by atoms with Crippen LogP contribution in [0.3, 0.4) is 0 Å². The minimum Gasteiger partial charge on any atom is -0.508 e. The third-order valence-corrected chi connectivity index (χ3v) is 3.67. The predicted molar refractivity (Wildman–Crippen MR) is 70.2 cm³/mol. The zero-order valence-electron chi connectivity index (χ0n) is 11.1. The van der Waals surface area contributed by atoms with E-state index in [1.807, 2.05) is 0 Å². The van der Waals surface area contributed by atoms with Crippen molar-refractivity contribution in [1.82, 2.24) is 0 Å². The number of nitro groups is 1. The van der Waals surface area contributed by atoms with Crippen molar-refractivity contribution in [3.63, 3.8) is 0 Å². The van der Waals surface area contributed by atoms with E-state index in [4.69, 9.17) is 0 Å². The largest absolute Gasteiger partial charge is 0.508 e. The van der Waals surface area contributed by atoms with Crippen LogP contribution < -0.4 is 5.32 Å². The molecule has 0 saturated heterocycles. The van der Waals surface area contributed by atoms with Gasteiger partial charge in [-0.15, -0.1) is 0 Å². The van der Waals surface area contributed by atoms with Crippen molar-refractivity contribution in [3.8, 4) is 5.75 Å². The Morgan fingerprint density at radius 3 is 2.67 bits per heavy atom. The van der Waals surface area contributed by atoms with Gasteiger partial charge in [0, 0.05) is 6.04 Å². The van der Waals surface area contributed by atoms with Gasteiger partial charge in [0.15, 0.2) is 0 Å². The molecule has 8 heteroatoms. The number of nitro benzene ring substituents is 1. The maximum absolute atomic E-state index is 12.7. The quantitative estimate of drug-likeness (QED) is 0.505. The highest BCUT2D eigenvalue weighted by atomic mass is 19.4. The second-order valence-electron chi connectivity index (χ2n) is 5.20. The molecular weight excluding hydrogens is 289 g/mol. The predicted octanol–water partition coefficient (Wildman–Crippen LogP) is 3.83. The number of phenols is 1. The topological polar surface area (TPSA) is 75.4 Å². The molecule has 1 aliphatic carbocycles. The van der Waals surface area contributed by atoms with Crippen LogP contribution in [0.4, 0.5) is 24.5 Å². The van der Waals surface area contributed by atoms with Gasteiger partial charge in [0.1, 0.15) is 11.4 Å². The molecule has 0 spiro atoms. The summed E-state index contributed by atoms with van der Waals surface area (Å²) in [5.41, 5.74) is -0.213. The van der Waals surface area contributed by atoms with Crippen LogP contribution in [0, 0.1) is 16.0 Å². The fourth-order valence-electron chi connectivity index (χ4n) is 2.63. The molecule has 21 heavy (non-hydrogen) atoms. The normalized spacial score (nSPS) is 22.8. The summed E-state index contributed by atoms with van der Waals surface area (Å²) in [5, 5.41) is 23.0. The Bertz CT molecular complexity index is 534. The summed E-state index contributed by atoms with van der Waals surface area (Å²) in [7, 11) is 0. The van der Waals surface area contributed by atoms with Crippen LogP contribution in [0.1, 0.15) is 25.7 Å². The lowest BCUT2D eigenvalue weighted by atomic mass is 9.85. The lowest BCUT2D eigenvalue weighted by Gasteiger charge is -2.31. The lowest BCUT2D eigenvalue weighted by Crippen LogP contribution is -2.34. The number of hydrogen-bond donors (Lipinski definition) is 2. The maximum atomic E-state index is 12.7. The van der Waals surface area contributed by atoms with Crippen molar-refractivity contribution in [1.29, 1.82) is 0 Å². The Balaban J connectivity index is 2.13. The Morgan fingerprint density at radius 1 is 1.33 bits per heavy atom. The molecule has 0 aliphatic heterocycles. The fourth-order valence-corrected chi connectivity index (χ4v) is 2.63. The number of nitrogens with zero attached hydrogens (tertiary/aromatic N) is 1. The van der Waals surface area contributed by atoms with Crippen LogP contribution in [-0.4, -0.2) is 22.2 Å². The van der Waals surface area contributed by atoms with Crippen LogP contribution in [0.15, 0.2) is 18.2 Å². The third-order valence-electron chi connectivity index (χ3n) is 3.67.